The molecule has 0 spiro atoms. The maximum absolute atomic E-state index is 11.6. The standard InChI is InChI=1S/C12H16N2O.C2H6/c1-4-12(15)14(10(3)13)11-7-5-9(2)6-8-11;1-2/h5-8H,3-4,13H2,1-2H3;1-2H3. The van der Waals surface area contributed by atoms with Crippen LogP contribution in [0.15, 0.2) is 36.7 Å². The lowest BCUT2D eigenvalue weighted by Crippen LogP contribution is -2.32. The van der Waals surface area contributed by atoms with Gasteiger partial charge in [0, 0.05) is 6.42 Å². The van der Waals surface area contributed by atoms with E-state index in [0.717, 1.165) is 11.3 Å². The second-order valence-corrected chi connectivity index (χ2v) is 3.41. The summed E-state index contributed by atoms with van der Waals surface area (Å²) in [6.45, 7) is 11.4. The van der Waals surface area contributed by atoms with Crippen LogP contribution in [0.4, 0.5) is 5.69 Å². The summed E-state index contributed by atoms with van der Waals surface area (Å²) < 4.78 is 0. The first-order chi connectivity index (χ1) is 8.06. The minimum absolute atomic E-state index is 0.0497. The van der Waals surface area contributed by atoms with Crippen LogP contribution in [-0.4, -0.2) is 5.91 Å². The zero-order valence-electron chi connectivity index (χ0n) is 11.2. The van der Waals surface area contributed by atoms with Crippen LogP contribution in [-0.2, 0) is 4.79 Å². The SMILES string of the molecule is C=C(N)N(C(=O)CC)c1ccc(C)cc1.CC. The highest BCUT2D eigenvalue weighted by Gasteiger charge is 2.14. The Kier molecular flexibility index (Phi) is 6.71. The Hall–Kier alpha value is -1.77. The van der Waals surface area contributed by atoms with Gasteiger partial charge in [0.1, 0.15) is 5.82 Å². The number of hydrogen-bond donors (Lipinski definition) is 1. The highest BCUT2D eigenvalue weighted by molar-refractivity contribution is 5.95. The molecule has 0 aliphatic carbocycles. The third-order valence-electron chi connectivity index (χ3n) is 2.13. The van der Waals surface area contributed by atoms with Crippen LogP contribution in [0, 0.1) is 6.92 Å². The largest absolute Gasteiger partial charge is 0.385 e. The number of rotatable bonds is 3. The topological polar surface area (TPSA) is 46.3 Å². The van der Waals surface area contributed by atoms with Crippen LogP contribution >= 0.6 is 0 Å². The molecule has 0 radical (unpaired) electrons. The lowest BCUT2D eigenvalue weighted by atomic mass is 10.2. The van der Waals surface area contributed by atoms with Crippen LogP contribution in [0.5, 0.6) is 0 Å². The fourth-order valence-electron chi connectivity index (χ4n) is 1.32. The number of aryl methyl sites for hydroxylation is 1. The van der Waals surface area contributed by atoms with Gasteiger partial charge in [-0.05, 0) is 19.1 Å². The average Bonchev–Trinajstić information content (AvgIpc) is 2.34. The van der Waals surface area contributed by atoms with Crippen molar-refractivity contribution in [1.82, 2.24) is 0 Å². The van der Waals surface area contributed by atoms with Gasteiger partial charge in [0.15, 0.2) is 0 Å². The number of anilines is 1. The van der Waals surface area contributed by atoms with Gasteiger partial charge in [-0.1, -0.05) is 45.0 Å². The van der Waals surface area contributed by atoms with Crippen LogP contribution in [0.2, 0.25) is 0 Å². The third kappa shape index (κ3) is 4.31. The molecule has 17 heavy (non-hydrogen) atoms. The number of benzene rings is 1. The Morgan fingerprint density at radius 3 is 2.12 bits per heavy atom. The third-order valence-corrected chi connectivity index (χ3v) is 2.13. The molecule has 0 aliphatic rings. The Morgan fingerprint density at radius 2 is 1.76 bits per heavy atom. The molecule has 94 valence electrons. The molecule has 1 aromatic carbocycles. The Bertz CT molecular complexity index is 368. The molecule has 0 fully saturated rings. The van der Waals surface area contributed by atoms with E-state index in [1.807, 2.05) is 45.0 Å². The van der Waals surface area contributed by atoms with Crippen molar-refractivity contribution in [3.05, 3.63) is 42.2 Å². The molecule has 0 bridgehead atoms. The number of nitrogens with two attached hydrogens (primary N) is 1. The van der Waals surface area contributed by atoms with E-state index in [0.29, 0.717) is 6.42 Å². The van der Waals surface area contributed by atoms with E-state index in [2.05, 4.69) is 6.58 Å². The van der Waals surface area contributed by atoms with Gasteiger partial charge in [-0.25, -0.2) is 0 Å². The predicted molar refractivity (Wildman–Crippen MR) is 73.6 cm³/mol. The van der Waals surface area contributed by atoms with Crippen molar-refractivity contribution in [2.75, 3.05) is 4.90 Å². The summed E-state index contributed by atoms with van der Waals surface area (Å²) in [4.78, 5) is 13.1. The normalized spacial score (nSPS) is 8.94. The molecule has 0 unspecified atom stereocenters. The van der Waals surface area contributed by atoms with E-state index in [1.54, 1.807) is 6.92 Å². The van der Waals surface area contributed by atoms with Crippen LogP contribution in [0.25, 0.3) is 0 Å². The van der Waals surface area contributed by atoms with Crippen LogP contribution < -0.4 is 10.6 Å². The van der Waals surface area contributed by atoms with Gasteiger partial charge in [0.05, 0.1) is 5.69 Å². The van der Waals surface area contributed by atoms with Crippen molar-refractivity contribution >= 4 is 11.6 Å². The fraction of sp³-hybridized carbons (Fsp3) is 0.357. The van der Waals surface area contributed by atoms with Crippen LogP contribution in [0.1, 0.15) is 32.8 Å². The molecule has 0 aliphatic heterocycles. The van der Waals surface area contributed by atoms with E-state index in [4.69, 9.17) is 5.73 Å². The molecular formula is C14H22N2O. The first kappa shape index (κ1) is 15.2. The molecular weight excluding hydrogens is 212 g/mol. The molecule has 0 heterocycles. The van der Waals surface area contributed by atoms with Gasteiger partial charge in [-0.3, -0.25) is 9.69 Å². The second kappa shape index (κ2) is 7.49. The number of carbonyl (C=O) groups is 1. The molecule has 2 N–H and O–H groups in total. The molecule has 0 aromatic heterocycles. The van der Waals surface area contributed by atoms with Crippen molar-refractivity contribution < 1.29 is 4.79 Å². The van der Waals surface area contributed by atoms with Crippen molar-refractivity contribution in [3.63, 3.8) is 0 Å². The van der Waals surface area contributed by atoms with Gasteiger partial charge in [-0.15, -0.1) is 0 Å². The molecule has 3 nitrogen and oxygen atoms in total. The monoisotopic (exact) mass is 234 g/mol. The number of hydrogen-bond acceptors (Lipinski definition) is 2. The Balaban J connectivity index is 0.00000121. The summed E-state index contributed by atoms with van der Waals surface area (Å²) in [5.74, 6) is 0.206. The highest BCUT2D eigenvalue weighted by Crippen LogP contribution is 2.18. The summed E-state index contributed by atoms with van der Waals surface area (Å²) in [5, 5.41) is 0. The summed E-state index contributed by atoms with van der Waals surface area (Å²) in [6.07, 6.45) is 0.407. The molecule has 1 aromatic rings. The van der Waals surface area contributed by atoms with Gasteiger partial charge >= 0.3 is 0 Å². The van der Waals surface area contributed by atoms with Gasteiger partial charge in [-0.2, -0.15) is 0 Å². The summed E-state index contributed by atoms with van der Waals surface area (Å²) in [6, 6.07) is 7.60. The molecule has 1 amide bonds. The summed E-state index contributed by atoms with van der Waals surface area (Å²) >= 11 is 0. The molecule has 3 heteroatoms. The maximum atomic E-state index is 11.6. The lowest BCUT2D eigenvalue weighted by Gasteiger charge is -2.21. The summed E-state index contributed by atoms with van der Waals surface area (Å²) in [7, 11) is 0. The zero-order valence-corrected chi connectivity index (χ0v) is 11.2. The van der Waals surface area contributed by atoms with E-state index in [9.17, 15) is 4.79 Å². The second-order valence-electron chi connectivity index (χ2n) is 3.41. The first-order valence-corrected chi connectivity index (χ1v) is 5.90. The van der Waals surface area contributed by atoms with Crippen molar-refractivity contribution in [2.45, 2.75) is 34.1 Å². The first-order valence-electron chi connectivity index (χ1n) is 5.90. The molecule has 0 saturated heterocycles. The number of nitrogens with zero attached hydrogens (tertiary/aromatic N) is 1. The predicted octanol–water partition coefficient (Wildman–Crippen LogP) is 3.19. The minimum Gasteiger partial charge on any atom is -0.385 e. The molecule has 0 saturated carbocycles. The van der Waals surface area contributed by atoms with E-state index >= 15 is 0 Å². The minimum atomic E-state index is -0.0497. The molecule has 1 rings (SSSR count). The van der Waals surface area contributed by atoms with Gasteiger partial charge in [0.2, 0.25) is 5.91 Å². The Labute approximate surface area is 104 Å². The van der Waals surface area contributed by atoms with E-state index in [1.165, 1.54) is 4.90 Å². The highest BCUT2D eigenvalue weighted by atomic mass is 16.2. The van der Waals surface area contributed by atoms with Crippen LogP contribution in [0.3, 0.4) is 0 Å². The fourth-order valence-corrected chi connectivity index (χ4v) is 1.32. The average molecular weight is 234 g/mol. The van der Waals surface area contributed by atoms with Gasteiger partial charge in [0.25, 0.3) is 0 Å². The van der Waals surface area contributed by atoms with E-state index in [-0.39, 0.29) is 11.7 Å². The number of amides is 1. The Morgan fingerprint density at radius 1 is 1.29 bits per heavy atom. The van der Waals surface area contributed by atoms with Gasteiger partial charge < -0.3 is 5.73 Å². The zero-order chi connectivity index (χ0) is 13.4. The molecule has 0 atom stereocenters. The van der Waals surface area contributed by atoms with Crippen molar-refractivity contribution in [2.24, 2.45) is 5.73 Å². The summed E-state index contributed by atoms with van der Waals surface area (Å²) in [5.41, 5.74) is 7.50. The van der Waals surface area contributed by atoms with E-state index < -0.39 is 0 Å². The maximum Gasteiger partial charge on any atom is 0.232 e. The lowest BCUT2D eigenvalue weighted by molar-refractivity contribution is -0.117. The van der Waals surface area contributed by atoms with Crippen molar-refractivity contribution in [3.8, 4) is 0 Å². The smallest absolute Gasteiger partial charge is 0.232 e. The van der Waals surface area contributed by atoms with Crippen molar-refractivity contribution in [1.29, 1.82) is 0 Å². The number of carbonyl (C=O) groups excluding carboxylic acids is 1. The quantitative estimate of drug-likeness (QED) is 0.873.